The van der Waals surface area contributed by atoms with Crippen molar-refractivity contribution in [1.82, 2.24) is 5.16 Å². The van der Waals surface area contributed by atoms with Crippen molar-refractivity contribution in [2.45, 2.75) is 6.92 Å². The highest BCUT2D eigenvalue weighted by atomic mass is 19.2. The first-order valence-corrected chi connectivity index (χ1v) is 7.08. The lowest BCUT2D eigenvalue weighted by Gasteiger charge is -2.07. The Hall–Kier alpha value is -3.22. The number of aryl methyl sites for hydroxylation is 1. The molecule has 0 saturated carbocycles. The van der Waals surface area contributed by atoms with E-state index in [0.29, 0.717) is 17.3 Å². The number of aromatic nitrogens is 1. The van der Waals surface area contributed by atoms with Crippen molar-refractivity contribution in [3.63, 3.8) is 0 Å². The molecule has 5 nitrogen and oxygen atoms in total. The first-order chi connectivity index (χ1) is 11.5. The van der Waals surface area contributed by atoms with E-state index in [1.165, 1.54) is 6.07 Å². The number of rotatable bonds is 4. The van der Waals surface area contributed by atoms with Crippen LogP contribution in [-0.4, -0.2) is 11.1 Å². The molecule has 24 heavy (non-hydrogen) atoms. The SMILES string of the molecule is Cc1cc(Nc2ccc(NC(=O)c3ccc(F)c(F)c3)cc2)no1. The molecule has 0 aliphatic carbocycles. The normalized spacial score (nSPS) is 10.5. The maximum Gasteiger partial charge on any atom is 0.255 e. The summed E-state index contributed by atoms with van der Waals surface area (Å²) in [6.45, 7) is 1.79. The van der Waals surface area contributed by atoms with Gasteiger partial charge in [0.2, 0.25) is 0 Å². The predicted octanol–water partition coefficient (Wildman–Crippen LogP) is 4.26. The molecule has 0 saturated heterocycles. The Kier molecular flexibility index (Phi) is 4.24. The monoisotopic (exact) mass is 329 g/mol. The van der Waals surface area contributed by atoms with Crippen molar-refractivity contribution in [2.75, 3.05) is 10.6 Å². The van der Waals surface area contributed by atoms with E-state index in [0.717, 1.165) is 17.8 Å². The zero-order valence-electron chi connectivity index (χ0n) is 12.6. The van der Waals surface area contributed by atoms with E-state index in [9.17, 15) is 13.6 Å². The fraction of sp³-hybridized carbons (Fsp3) is 0.0588. The summed E-state index contributed by atoms with van der Waals surface area (Å²) >= 11 is 0. The number of benzene rings is 2. The molecule has 0 radical (unpaired) electrons. The smallest absolute Gasteiger partial charge is 0.255 e. The van der Waals surface area contributed by atoms with Crippen LogP contribution in [0.2, 0.25) is 0 Å². The van der Waals surface area contributed by atoms with E-state index in [2.05, 4.69) is 15.8 Å². The summed E-state index contributed by atoms with van der Waals surface area (Å²) in [5.41, 5.74) is 1.31. The number of carbonyl (C=O) groups is 1. The third kappa shape index (κ3) is 3.57. The summed E-state index contributed by atoms with van der Waals surface area (Å²) in [7, 11) is 0. The average Bonchev–Trinajstić information content (AvgIpc) is 2.97. The van der Waals surface area contributed by atoms with Gasteiger partial charge in [0, 0.05) is 23.0 Å². The van der Waals surface area contributed by atoms with Gasteiger partial charge in [-0.15, -0.1) is 0 Å². The summed E-state index contributed by atoms with van der Waals surface area (Å²) in [5.74, 6) is -1.32. The van der Waals surface area contributed by atoms with Gasteiger partial charge < -0.3 is 15.2 Å². The molecule has 3 rings (SSSR count). The van der Waals surface area contributed by atoms with Crippen molar-refractivity contribution in [3.05, 3.63) is 71.5 Å². The maximum atomic E-state index is 13.2. The van der Waals surface area contributed by atoms with Gasteiger partial charge >= 0.3 is 0 Å². The summed E-state index contributed by atoms with van der Waals surface area (Å²) < 4.78 is 31.0. The predicted molar refractivity (Wildman–Crippen MR) is 85.3 cm³/mol. The van der Waals surface area contributed by atoms with Crippen molar-refractivity contribution in [1.29, 1.82) is 0 Å². The first kappa shape index (κ1) is 15.7. The zero-order valence-corrected chi connectivity index (χ0v) is 12.6. The van der Waals surface area contributed by atoms with Crippen LogP contribution in [0.5, 0.6) is 0 Å². The largest absolute Gasteiger partial charge is 0.360 e. The van der Waals surface area contributed by atoms with Crippen LogP contribution in [0.4, 0.5) is 26.0 Å². The second-order valence-electron chi connectivity index (χ2n) is 5.11. The molecule has 0 unspecified atom stereocenters. The zero-order chi connectivity index (χ0) is 17.1. The molecular formula is C17H13F2N3O2. The van der Waals surface area contributed by atoms with Crippen LogP contribution in [0.25, 0.3) is 0 Å². The molecule has 3 aromatic rings. The molecule has 7 heteroatoms. The van der Waals surface area contributed by atoms with Gasteiger partial charge in [-0.1, -0.05) is 5.16 Å². The van der Waals surface area contributed by atoms with Gasteiger partial charge in [0.1, 0.15) is 5.76 Å². The highest BCUT2D eigenvalue weighted by Gasteiger charge is 2.10. The van der Waals surface area contributed by atoms with Crippen molar-refractivity contribution in [3.8, 4) is 0 Å². The molecule has 1 amide bonds. The Morgan fingerprint density at radius 2 is 1.71 bits per heavy atom. The molecule has 122 valence electrons. The Morgan fingerprint density at radius 3 is 2.33 bits per heavy atom. The van der Waals surface area contributed by atoms with Crippen LogP contribution in [0.15, 0.2) is 53.1 Å². The van der Waals surface area contributed by atoms with Gasteiger partial charge in [-0.2, -0.15) is 0 Å². The summed E-state index contributed by atoms with van der Waals surface area (Å²) in [5, 5.41) is 9.47. The minimum Gasteiger partial charge on any atom is -0.360 e. The van der Waals surface area contributed by atoms with Crippen LogP contribution in [0.3, 0.4) is 0 Å². The lowest BCUT2D eigenvalue weighted by Crippen LogP contribution is -2.12. The molecule has 0 spiro atoms. The van der Waals surface area contributed by atoms with Gasteiger partial charge in [0.25, 0.3) is 5.91 Å². The van der Waals surface area contributed by atoms with Crippen LogP contribution < -0.4 is 10.6 Å². The molecule has 0 bridgehead atoms. The molecule has 1 heterocycles. The van der Waals surface area contributed by atoms with Crippen molar-refractivity contribution < 1.29 is 18.1 Å². The lowest BCUT2D eigenvalue weighted by molar-refractivity contribution is 0.102. The van der Waals surface area contributed by atoms with E-state index in [-0.39, 0.29) is 5.56 Å². The molecule has 0 aliphatic heterocycles. The third-order valence-electron chi connectivity index (χ3n) is 3.22. The second-order valence-corrected chi connectivity index (χ2v) is 5.11. The number of halogens is 2. The quantitative estimate of drug-likeness (QED) is 0.750. The van der Waals surface area contributed by atoms with E-state index in [4.69, 9.17) is 4.52 Å². The van der Waals surface area contributed by atoms with Gasteiger partial charge in [0.05, 0.1) is 0 Å². The maximum absolute atomic E-state index is 13.2. The number of nitrogens with zero attached hydrogens (tertiary/aromatic N) is 1. The molecule has 0 aliphatic rings. The van der Waals surface area contributed by atoms with Gasteiger partial charge in [0.15, 0.2) is 17.5 Å². The number of nitrogens with one attached hydrogen (secondary N) is 2. The summed E-state index contributed by atoms with van der Waals surface area (Å²) in [4.78, 5) is 12.0. The summed E-state index contributed by atoms with van der Waals surface area (Å²) in [6.07, 6.45) is 0. The van der Waals surface area contributed by atoms with Crippen molar-refractivity contribution in [2.24, 2.45) is 0 Å². The van der Waals surface area contributed by atoms with Gasteiger partial charge in [-0.25, -0.2) is 8.78 Å². The minimum atomic E-state index is -1.06. The van der Waals surface area contributed by atoms with E-state index < -0.39 is 17.5 Å². The fourth-order valence-corrected chi connectivity index (χ4v) is 2.05. The van der Waals surface area contributed by atoms with E-state index >= 15 is 0 Å². The van der Waals surface area contributed by atoms with Gasteiger partial charge in [-0.05, 0) is 49.4 Å². The Morgan fingerprint density at radius 1 is 1.00 bits per heavy atom. The molecule has 1 aromatic heterocycles. The lowest BCUT2D eigenvalue weighted by atomic mass is 10.2. The summed E-state index contributed by atoms with van der Waals surface area (Å²) in [6, 6.07) is 11.6. The number of hydrogen-bond donors (Lipinski definition) is 2. The number of anilines is 3. The first-order valence-electron chi connectivity index (χ1n) is 7.08. The van der Waals surface area contributed by atoms with E-state index in [1.807, 2.05) is 0 Å². The van der Waals surface area contributed by atoms with Gasteiger partial charge in [-0.3, -0.25) is 4.79 Å². The Balaban J connectivity index is 1.67. The molecular weight excluding hydrogens is 316 g/mol. The topological polar surface area (TPSA) is 67.2 Å². The minimum absolute atomic E-state index is 0.0363. The fourth-order valence-electron chi connectivity index (χ4n) is 2.05. The van der Waals surface area contributed by atoms with Crippen LogP contribution in [0, 0.1) is 18.6 Å². The van der Waals surface area contributed by atoms with Crippen molar-refractivity contribution >= 4 is 23.1 Å². The van der Waals surface area contributed by atoms with Crippen LogP contribution in [0.1, 0.15) is 16.1 Å². The molecule has 0 atom stereocenters. The Labute approximate surface area is 136 Å². The van der Waals surface area contributed by atoms with E-state index in [1.54, 1.807) is 37.3 Å². The van der Waals surface area contributed by atoms with Crippen LogP contribution >= 0.6 is 0 Å². The third-order valence-corrected chi connectivity index (χ3v) is 3.22. The highest BCUT2D eigenvalue weighted by Crippen LogP contribution is 2.19. The average molecular weight is 329 g/mol. The molecule has 2 N–H and O–H groups in total. The standard InChI is InChI=1S/C17H13F2N3O2/c1-10-8-16(22-24-10)20-12-3-5-13(6-4-12)21-17(23)11-2-7-14(18)15(19)9-11/h2-9H,1H3,(H,20,22)(H,21,23). The molecule has 2 aromatic carbocycles. The number of amides is 1. The molecule has 0 fully saturated rings. The number of carbonyl (C=O) groups excluding carboxylic acids is 1. The Bertz CT molecular complexity index is 876. The number of hydrogen-bond acceptors (Lipinski definition) is 4. The van der Waals surface area contributed by atoms with Crippen LogP contribution in [-0.2, 0) is 0 Å². The second kappa shape index (κ2) is 6.49. The highest BCUT2D eigenvalue weighted by molar-refractivity contribution is 6.04.